The second-order valence-corrected chi connectivity index (χ2v) is 13.2. The number of nitrogens with zero attached hydrogens (tertiary/aromatic N) is 2. The van der Waals surface area contributed by atoms with Crippen molar-refractivity contribution in [1.29, 1.82) is 0 Å². The number of para-hydroxylation sites is 1. The molecular weight excluding hydrogens is 607 g/mol. The summed E-state index contributed by atoms with van der Waals surface area (Å²) >= 11 is 1.81. The van der Waals surface area contributed by atoms with Crippen LogP contribution in [-0.2, 0) is 0 Å². The van der Waals surface area contributed by atoms with Gasteiger partial charge < -0.3 is 9.73 Å². The van der Waals surface area contributed by atoms with Gasteiger partial charge in [0.2, 0.25) is 0 Å². The first-order valence-electron chi connectivity index (χ1n) is 16.1. The average Bonchev–Trinajstić information content (AvgIpc) is 3.73. The predicted octanol–water partition coefficient (Wildman–Crippen LogP) is 11.3. The van der Waals surface area contributed by atoms with E-state index in [9.17, 15) is 0 Å². The van der Waals surface area contributed by atoms with Crippen molar-refractivity contribution >= 4 is 75.9 Å². The molecule has 0 fully saturated rings. The number of thiophene rings is 1. The summed E-state index contributed by atoms with van der Waals surface area (Å²) in [5.74, 6) is 1.62. The Labute approximate surface area is 280 Å². The number of rotatable bonds is 4. The maximum absolute atomic E-state index is 6.26. The van der Waals surface area contributed by atoms with Gasteiger partial charge in [0.05, 0.1) is 0 Å². The Morgan fingerprint density at radius 1 is 0.479 bits per heavy atom. The largest absolute Gasteiger partial charge is 0.456 e. The van der Waals surface area contributed by atoms with E-state index in [4.69, 9.17) is 14.4 Å². The highest BCUT2D eigenvalue weighted by Gasteiger charge is 2.24. The Bertz CT molecular complexity index is 2770. The molecule has 0 saturated carbocycles. The van der Waals surface area contributed by atoms with Crippen molar-refractivity contribution in [2.75, 3.05) is 0 Å². The Morgan fingerprint density at radius 2 is 1.10 bits per heavy atom. The fourth-order valence-corrected chi connectivity index (χ4v) is 8.43. The summed E-state index contributed by atoms with van der Waals surface area (Å²) in [7, 11) is 0. The lowest BCUT2D eigenvalue weighted by Crippen LogP contribution is -2.36. The monoisotopic (exact) mass is 633 g/mol. The third-order valence-corrected chi connectivity index (χ3v) is 10.6. The molecule has 1 unspecified atom stereocenters. The molecule has 4 nitrogen and oxygen atoms in total. The molecule has 1 N–H and O–H groups in total. The third kappa shape index (κ3) is 4.21. The highest BCUT2D eigenvalue weighted by molar-refractivity contribution is 7.26. The summed E-state index contributed by atoms with van der Waals surface area (Å²) in [4.78, 5) is 10.6. The summed E-state index contributed by atoms with van der Waals surface area (Å²) in [5, 5.41) is 10.7. The van der Waals surface area contributed by atoms with Crippen LogP contribution in [0.3, 0.4) is 0 Å². The minimum atomic E-state index is -0.405. The number of hydrogen-bond donors (Lipinski definition) is 1. The van der Waals surface area contributed by atoms with E-state index in [1.807, 2.05) is 29.5 Å². The van der Waals surface area contributed by atoms with Crippen LogP contribution in [0, 0.1) is 0 Å². The molecular formula is C43H27N3OS. The number of hydrogen-bond acceptors (Lipinski definition) is 5. The standard InChI is InChI=1S/C43H27N3OS/c1-2-12-26(13-3-1)41-44-42(46-43(45-41)35-22-10-20-32-30-14-5-7-25-38(30)48-40(32)35)33-21-9-16-27-28(17-8-18-29(27)33)31-19-11-24-37-39(31)34-15-4-6-23-36(34)47-37/h1-25,43H,(H,44,45,46). The molecule has 0 aliphatic carbocycles. The van der Waals surface area contributed by atoms with Gasteiger partial charge in [0.1, 0.15) is 22.8 Å². The van der Waals surface area contributed by atoms with Crippen LogP contribution in [0.25, 0.3) is 64.0 Å². The smallest absolute Gasteiger partial charge is 0.171 e. The van der Waals surface area contributed by atoms with Crippen molar-refractivity contribution < 1.29 is 4.42 Å². The van der Waals surface area contributed by atoms with Crippen LogP contribution in [0.1, 0.15) is 22.9 Å². The van der Waals surface area contributed by atoms with Crippen molar-refractivity contribution in [2.24, 2.45) is 9.98 Å². The zero-order chi connectivity index (χ0) is 31.6. The maximum atomic E-state index is 6.26. The first kappa shape index (κ1) is 27.1. The number of benzene rings is 7. The van der Waals surface area contributed by atoms with Gasteiger partial charge in [-0.15, -0.1) is 11.3 Å². The molecule has 226 valence electrons. The molecule has 7 aromatic carbocycles. The number of nitrogens with one attached hydrogen (secondary N) is 1. The quantitative estimate of drug-likeness (QED) is 0.210. The summed E-state index contributed by atoms with van der Waals surface area (Å²) in [6.45, 7) is 0. The summed E-state index contributed by atoms with van der Waals surface area (Å²) < 4.78 is 8.76. The van der Waals surface area contributed by atoms with E-state index in [0.717, 1.165) is 72.2 Å². The molecule has 2 aromatic heterocycles. The Morgan fingerprint density at radius 3 is 2.00 bits per heavy atom. The maximum Gasteiger partial charge on any atom is 0.171 e. The van der Waals surface area contributed by atoms with Gasteiger partial charge >= 0.3 is 0 Å². The highest BCUT2D eigenvalue weighted by atomic mass is 32.1. The summed E-state index contributed by atoms with van der Waals surface area (Å²) in [5.41, 5.74) is 7.27. The van der Waals surface area contributed by atoms with Gasteiger partial charge in [-0.3, -0.25) is 0 Å². The molecule has 0 spiro atoms. The second kappa shape index (κ2) is 10.8. The zero-order valence-electron chi connectivity index (χ0n) is 25.7. The van der Waals surface area contributed by atoms with Crippen LogP contribution < -0.4 is 5.32 Å². The minimum Gasteiger partial charge on any atom is -0.456 e. The van der Waals surface area contributed by atoms with Gasteiger partial charge in [-0.1, -0.05) is 133 Å². The van der Waals surface area contributed by atoms with Crippen LogP contribution in [0.5, 0.6) is 0 Å². The van der Waals surface area contributed by atoms with Crippen LogP contribution in [0.15, 0.2) is 166 Å². The fraction of sp³-hybridized carbons (Fsp3) is 0.0233. The van der Waals surface area contributed by atoms with E-state index < -0.39 is 6.17 Å². The van der Waals surface area contributed by atoms with Gasteiger partial charge in [0.25, 0.3) is 0 Å². The van der Waals surface area contributed by atoms with E-state index in [-0.39, 0.29) is 0 Å². The van der Waals surface area contributed by atoms with E-state index in [0.29, 0.717) is 0 Å². The lowest BCUT2D eigenvalue weighted by Gasteiger charge is -2.23. The van der Waals surface area contributed by atoms with E-state index in [1.54, 1.807) is 0 Å². The molecule has 9 aromatic rings. The molecule has 10 rings (SSSR count). The Balaban J connectivity index is 1.18. The molecule has 5 heteroatoms. The lowest BCUT2D eigenvalue weighted by molar-refractivity contribution is 0.669. The molecule has 0 radical (unpaired) electrons. The topological polar surface area (TPSA) is 49.9 Å². The number of amidine groups is 2. The number of aliphatic imine (C=N–C) groups is 2. The SMILES string of the molecule is c1ccc(C2=NC(c3cccc4c3sc3ccccc34)N=C(c3cccc4c(-c5cccc6oc7ccccc7c56)cccc34)N2)cc1. The lowest BCUT2D eigenvalue weighted by atomic mass is 9.92. The molecule has 0 saturated heterocycles. The van der Waals surface area contributed by atoms with Crippen molar-refractivity contribution in [3.05, 3.63) is 168 Å². The summed E-state index contributed by atoms with van der Waals surface area (Å²) in [6.07, 6.45) is -0.405. The van der Waals surface area contributed by atoms with Crippen molar-refractivity contribution in [2.45, 2.75) is 6.17 Å². The molecule has 0 amide bonds. The molecule has 1 atom stereocenters. The van der Waals surface area contributed by atoms with Gasteiger partial charge in [0, 0.05) is 47.6 Å². The molecule has 1 aliphatic heterocycles. The van der Waals surface area contributed by atoms with Crippen molar-refractivity contribution in [3.8, 4) is 11.1 Å². The van der Waals surface area contributed by atoms with Gasteiger partial charge in [-0.05, 0) is 40.1 Å². The van der Waals surface area contributed by atoms with Crippen molar-refractivity contribution in [1.82, 2.24) is 5.32 Å². The van der Waals surface area contributed by atoms with Crippen LogP contribution in [0.4, 0.5) is 0 Å². The van der Waals surface area contributed by atoms with Gasteiger partial charge in [-0.2, -0.15) is 0 Å². The number of furan rings is 1. The second-order valence-electron chi connectivity index (χ2n) is 12.1. The number of fused-ring (bicyclic) bond motifs is 7. The highest BCUT2D eigenvalue weighted by Crippen LogP contribution is 2.42. The first-order chi connectivity index (χ1) is 23.8. The fourth-order valence-electron chi connectivity index (χ4n) is 7.19. The normalized spacial score (nSPS) is 14.9. The van der Waals surface area contributed by atoms with Crippen LogP contribution >= 0.6 is 11.3 Å². The average molecular weight is 634 g/mol. The first-order valence-corrected chi connectivity index (χ1v) is 16.9. The minimum absolute atomic E-state index is 0.405. The molecule has 0 bridgehead atoms. The summed E-state index contributed by atoms with van der Waals surface area (Å²) in [6, 6.07) is 53.1. The third-order valence-electron chi connectivity index (χ3n) is 9.37. The van der Waals surface area contributed by atoms with Gasteiger partial charge in [0.15, 0.2) is 6.17 Å². The zero-order valence-corrected chi connectivity index (χ0v) is 26.5. The van der Waals surface area contributed by atoms with Crippen LogP contribution in [-0.4, -0.2) is 11.7 Å². The Hall–Kier alpha value is -6.04. The van der Waals surface area contributed by atoms with E-state index in [2.05, 4.69) is 139 Å². The molecule has 1 aliphatic rings. The van der Waals surface area contributed by atoms with Gasteiger partial charge in [-0.25, -0.2) is 9.98 Å². The van der Waals surface area contributed by atoms with Crippen molar-refractivity contribution in [3.63, 3.8) is 0 Å². The van der Waals surface area contributed by atoms with E-state index >= 15 is 0 Å². The van der Waals surface area contributed by atoms with Crippen LogP contribution in [0.2, 0.25) is 0 Å². The van der Waals surface area contributed by atoms with E-state index in [1.165, 1.54) is 20.2 Å². The predicted molar refractivity (Wildman–Crippen MR) is 201 cm³/mol. The molecule has 48 heavy (non-hydrogen) atoms. The Kier molecular flexibility index (Phi) is 6.08. The molecule has 3 heterocycles.